The Kier molecular flexibility index (Phi) is 3.38. The first-order chi connectivity index (χ1) is 11.6. The monoisotopic (exact) mass is 327 g/mol. The van der Waals surface area contributed by atoms with Crippen molar-refractivity contribution >= 4 is 5.91 Å². The van der Waals surface area contributed by atoms with E-state index in [9.17, 15) is 4.79 Å². The van der Waals surface area contributed by atoms with E-state index in [1.54, 1.807) is 0 Å². The maximum absolute atomic E-state index is 15.5. The summed E-state index contributed by atoms with van der Waals surface area (Å²) in [5.74, 6) is -1.92. The van der Waals surface area contributed by atoms with E-state index in [0.29, 0.717) is 11.5 Å². The van der Waals surface area contributed by atoms with Crippen molar-refractivity contribution in [1.82, 2.24) is 15.7 Å². The number of aromatic nitrogens is 2. The number of halogens is 1. The standard InChI is InChI=1S/C18H18FN3O2/c1-10-4-2-3-5-13(10)16-15(18(16,19)17(23)22-24)12-8-14(11-6-7-11)21-20-9-12/h2-5,8-9,11,15-16,24H,6-7H2,1H3,(H,22,23). The number of amides is 1. The van der Waals surface area contributed by atoms with Gasteiger partial charge in [0.1, 0.15) is 0 Å². The summed E-state index contributed by atoms with van der Waals surface area (Å²) in [4.78, 5) is 12.0. The Bertz CT molecular complexity index is 808. The summed E-state index contributed by atoms with van der Waals surface area (Å²) in [6.45, 7) is 1.89. The lowest BCUT2D eigenvalue weighted by molar-refractivity contribution is -0.136. The third-order valence-corrected chi connectivity index (χ3v) is 5.15. The van der Waals surface area contributed by atoms with E-state index in [-0.39, 0.29) is 0 Å². The quantitative estimate of drug-likeness (QED) is 0.669. The minimum atomic E-state index is -2.18. The summed E-state index contributed by atoms with van der Waals surface area (Å²) >= 11 is 0. The van der Waals surface area contributed by atoms with E-state index in [1.165, 1.54) is 11.7 Å². The molecular weight excluding hydrogens is 309 g/mol. The Morgan fingerprint density at radius 3 is 2.75 bits per heavy atom. The highest BCUT2D eigenvalue weighted by molar-refractivity contribution is 5.92. The van der Waals surface area contributed by atoms with Crippen molar-refractivity contribution in [2.75, 3.05) is 0 Å². The molecule has 0 spiro atoms. The number of alkyl halides is 1. The van der Waals surface area contributed by atoms with Crippen LogP contribution in [0.2, 0.25) is 0 Å². The van der Waals surface area contributed by atoms with Gasteiger partial charge < -0.3 is 0 Å². The number of carbonyl (C=O) groups is 1. The Labute approximate surface area is 138 Å². The largest absolute Gasteiger partial charge is 0.289 e. The van der Waals surface area contributed by atoms with E-state index in [4.69, 9.17) is 5.21 Å². The third kappa shape index (κ3) is 2.21. The first-order valence-electron chi connectivity index (χ1n) is 8.09. The molecule has 0 aliphatic heterocycles. The highest BCUT2D eigenvalue weighted by Gasteiger charge is 2.72. The molecule has 0 radical (unpaired) electrons. The molecule has 3 atom stereocenters. The van der Waals surface area contributed by atoms with Crippen molar-refractivity contribution in [3.8, 4) is 0 Å². The molecule has 0 bridgehead atoms. The maximum atomic E-state index is 15.5. The molecule has 3 unspecified atom stereocenters. The molecule has 0 saturated heterocycles. The molecule has 2 saturated carbocycles. The molecule has 1 aromatic carbocycles. The minimum Gasteiger partial charge on any atom is -0.289 e. The first-order valence-corrected chi connectivity index (χ1v) is 8.09. The summed E-state index contributed by atoms with van der Waals surface area (Å²) in [5.41, 5.74) is 2.52. The van der Waals surface area contributed by atoms with Crippen LogP contribution in [-0.2, 0) is 4.79 Å². The van der Waals surface area contributed by atoms with E-state index in [2.05, 4.69) is 10.2 Å². The predicted octanol–water partition coefficient (Wildman–Crippen LogP) is 2.76. The number of nitrogens with zero attached hydrogens (tertiary/aromatic N) is 2. The van der Waals surface area contributed by atoms with Crippen molar-refractivity contribution < 1.29 is 14.4 Å². The Hall–Kier alpha value is -2.34. The molecule has 4 rings (SSSR count). The van der Waals surface area contributed by atoms with Crippen LogP contribution in [0.3, 0.4) is 0 Å². The van der Waals surface area contributed by atoms with Gasteiger partial charge in [-0.2, -0.15) is 10.2 Å². The van der Waals surface area contributed by atoms with Crippen LogP contribution in [0.15, 0.2) is 36.5 Å². The second-order valence-corrected chi connectivity index (χ2v) is 6.71. The number of hydrogen-bond donors (Lipinski definition) is 2. The normalized spacial score (nSPS) is 28.5. The van der Waals surface area contributed by atoms with Gasteiger partial charge in [-0.05, 0) is 42.5 Å². The first kappa shape index (κ1) is 15.2. The summed E-state index contributed by atoms with van der Waals surface area (Å²) in [7, 11) is 0. The maximum Gasteiger partial charge on any atom is 0.282 e. The van der Waals surface area contributed by atoms with Gasteiger partial charge in [-0.1, -0.05) is 24.3 Å². The van der Waals surface area contributed by atoms with Crippen LogP contribution in [0.4, 0.5) is 4.39 Å². The van der Waals surface area contributed by atoms with Crippen molar-refractivity contribution in [2.45, 2.75) is 43.2 Å². The fourth-order valence-electron chi connectivity index (χ4n) is 3.65. The molecule has 5 nitrogen and oxygen atoms in total. The van der Waals surface area contributed by atoms with Gasteiger partial charge in [-0.3, -0.25) is 10.0 Å². The van der Waals surface area contributed by atoms with Gasteiger partial charge in [-0.25, -0.2) is 9.87 Å². The topological polar surface area (TPSA) is 75.1 Å². The van der Waals surface area contributed by atoms with Gasteiger partial charge in [0, 0.05) is 17.8 Å². The molecule has 2 fully saturated rings. The lowest BCUT2D eigenvalue weighted by Gasteiger charge is -2.07. The zero-order valence-electron chi connectivity index (χ0n) is 13.2. The third-order valence-electron chi connectivity index (χ3n) is 5.15. The Morgan fingerprint density at radius 2 is 2.08 bits per heavy atom. The molecule has 2 aromatic rings. The van der Waals surface area contributed by atoms with Gasteiger partial charge in [0.2, 0.25) is 5.67 Å². The van der Waals surface area contributed by atoms with E-state index >= 15 is 4.39 Å². The minimum absolute atomic E-state index is 0.397. The van der Waals surface area contributed by atoms with E-state index in [0.717, 1.165) is 29.7 Å². The highest BCUT2D eigenvalue weighted by Crippen LogP contribution is 2.66. The summed E-state index contributed by atoms with van der Waals surface area (Å²) in [6, 6.07) is 9.28. The number of carbonyl (C=O) groups excluding carboxylic acids is 1. The summed E-state index contributed by atoms with van der Waals surface area (Å²) < 4.78 is 15.5. The van der Waals surface area contributed by atoms with Crippen molar-refractivity contribution in [3.63, 3.8) is 0 Å². The molecule has 1 heterocycles. The highest BCUT2D eigenvalue weighted by atomic mass is 19.1. The molecule has 1 amide bonds. The smallest absolute Gasteiger partial charge is 0.282 e. The molecule has 2 aliphatic carbocycles. The van der Waals surface area contributed by atoms with Crippen LogP contribution < -0.4 is 5.48 Å². The van der Waals surface area contributed by atoms with Gasteiger partial charge in [-0.15, -0.1) is 0 Å². The lowest BCUT2D eigenvalue weighted by atomic mass is 10.0. The number of rotatable bonds is 4. The second-order valence-electron chi connectivity index (χ2n) is 6.71. The van der Waals surface area contributed by atoms with Crippen LogP contribution >= 0.6 is 0 Å². The molecule has 24 heavy (non-hydrogen) atoms. The van der Waals surface area contributed by atoms with Gasteiger partial charge in [0.05, 0.1) is 11.9 Å². The molecule has 6 heteroatoms. The van der Waals surface area contributed by atoms with E-state index in [1.807, 2.05) is 37.3 Å². The predicted molar refractivity (Wildman–Crippen MR) is 84.4 cm³/mol. The number of nitrogens with one attached hydrogen (secondary N) is 1. The number of hydrogen-bond acceptors (Lipinski definition) is 4. The van der Waals surface area contributed by atoms with Crippen LogP contribution in [0, 0.1) is 6.92 Å². The average molecular weight is 327 g/mol. The van der Waals surface area contributed by atoms with Crippen molar-refractivity contribution in [1.29, 1.82) is 0 Å². The summed E-state index contributed by atoms with van der Waals surface area (Å²) in [6.07, 6.45) is 3.66. The Morgan fingerprint density at radius 1 is 1.33 bits per heavy atom. The molecule has 1 aromatic heterocycles. The fourth-order valence-corrected chi connectivity index (χ4v) is 3.65. The average Bonchev–Trinajstić information content (AvgIpc) is 3.50. The van der Waals surface area contributed by atoms with Crippen LogP contribution in [0.5, 0.6) is 0 Å². The summed E-state index contributed by atoms with van der Waals surface area (Å²) in [5, 5.41) is 17.1. The van der Waals surface area contributed by atoms with Crippen molar-refractivity contribution in [3.05, 3.63) is 58.9 Å². The van der Waals surface area contributed by atoms with Gasteiger partial charge in [0.25, 0.3) is 5.91 Å². The van der Waals surface area contributed by atoms with Crippen LogP contribution in [0.25, 0.3) is 0 Å². The van der Waals surface area contributed by atoms with Crippen molar-refractivity contribution in [2.24, 2.45) is 0 Å². The molecule has 124 valence electrons. The number of benzene rings is 1. The van der Waals surface area contributed by atoms with E-state index < -0.39 is 23.4 Å². The Balaban J connectivity index is 1.76. The number of aryl methyl sites for hydroxylation is 1. The zero-order chi connectivity index (χ0) is 16.9. The molecule has 2 aliphatic rings. The molecule has 2 N–H and O–H groups in total. The van der Waals surface area contributed by atoms with Gasteiger partial charge >= 0.3 is 0 Å². The number of hydroxylamine groups is 1. The second kappa shape index (κ2) is 5.34. The van der Waals surface area contributed by atoms with Crippen LogP contribution in [-0.4, -0.2) is 27.0 Å². The lowest BCUT2D eigenvalue weighted by Crippen LogP contribution is -2.33. The van der Waals surface area contributed by atoms with Gasteiger partial charge in [0.15, 0.2) is 0 Å². The fraction of sp³-hybridized carbons (Fsp3) is 0.389. The molecular formula is C18H18FN3O2. The van der Waals surface area contributed by atoms with Crippen LogP contribution in [0.1, 0.15) is 53.0 Å². The SMILES string of the molecule is Cc1ccccc1C1C(c2cnnc(C3CC3)c2)C1(F)C(=O)NO. The zero-order valence-corrected chi connectivity index (χ0v) is 13.2.